The quantitative estimate of drug-likeness (QED) is 0.704. The van der Waals surface area contributed by atoms with Crippen LogP contribution in [0.15, 0.2) is 16.9 Å². The zero-order chi connectivity index (χ0) is 17.7. The Kier molecular flexibility index (Phi) is 5.78. The highest BCUT2D eigenvalue weighted by atomic mass is 16.2. The third kappa shape index (κ3) is 4.71. The van der Waals surface area contributed by atoms with Crippen LogP contribution in [0.25, 0.3) is 0 Å². The number of hydrogen-bond donors (Lipinski definition) is 3. The smallest absolute Gasteiger partial charge is 0.315 e. The Balaban J connectivity index is 1.74. The van der Waals surface area contributed by atoms with Crippen LogP contribution in [0, 0.1) is 27.7 Å². The molecule has 0 saturated carbocycles. The van der Waals surface area contributed by atoms with Gasteiger partial charge in [0.25, 0.3) is 5.56 Å². The zero-order valence-electron chi connectivity index (χ0n) is 14.7. The standard InChI is InChI=1S/C17H25N5O2/c1-11-8-12(2)20-16(23)15(11)10-19-17(24)18-6-5-7-22-14(4)9-13(3)21-22/h8-9H,5-7,10H2,1-4H3,(H,20,23)(H2,18,19,24). The summed E-state index contributed by atoms with van der Waals surface area (Å²) in [5.41, 5.74) is 4.23. The molecule has 0 aliphatic heterocycles. The number of carbonyl (C=O) groups excluding carboxylic acids is 1. The monoisotopic (exact) mass is 331 g/mol. The van der Waals surface area contributed by atoms with E-state index in [-0.39, 0.29) is 18.1 Å². The molecule has 0 aliphatic rings. The Morgan fingerprint density at radius 3 is 2.58 bits per heavy atom. The minimum Gasteiger partial charge on any atom is -0.338 e. The van der Waals surface area contributed by atoms with E-state index in [0.717, 1.165) is 35.6 Å². The van der Waals surface area contributed by atoms with Gasteiger partial charge in [0.1, 0.15) is 0 Å². The first-order valence-corrected chi connectivity index (χ1v) is 8.09. The van der Waals surface area contributed by atoms with Gasteiger partial charge in [0, 0.05) is 30.0 Å². The van der Waals surface area contributed by atoms with Crippen LogP contribution >= 0.6 is 0 Å². The average molecular weight is 331 g/mol. The molecule has 130 valence electrons. The van der Waals surface area contributed by atoms with E-state index >= 15 is 0 Å². The van der Waals surface area contributed by atoms with Crippen LogP contribution in [0.1, 0.15) is 34.6 Å². The second kappa shape index (κ2) is 7.81. The molecule has 0 spiro atoms. The van der Waals surface area contributed by atoms with Gasteiger partial charge in [0.2, 0.25) is 0 Å². The van der Waals surface area contributed by atoms with Crippen LogP contribution in [-0.4, -0.2) is 27.3 Å². The van der Waals surface area contributed by atoms with Crippen molar-refractivity contribution >= 4 is 6.03 Å². The summed E-state index contributed by atoms with van der Waals surface area (Å²) < 4.78 is 1.93. The van der Waals surface area contributed by atoms with Crippen LogP contribution in [-0.2, 0) is 13.1 Å². The second-order valence-electron chi connectivity index (χ2n) is 6.06. The number of nitrogens with one attached hydrogen (secondary N) is 3. The average Bonchev–Trinajstić information content (AvgIpc) is 2.80. The summed E-state index contributed by atoms with van der Waals surface area (Å²) in [4.78, 5) is 26.5. The van der Waals surface area contributed by atoms with Crippen molar-refractivity contribution in [2.45, 2.75) is 47.2 Å². The summed E-state index contributed by atoms with van der Waals surface area (Å²) in [7, 11) is 0. The van der Waals surface area contributed by atoms with Crippen LogP contribution < -0.4 is 16.2 Å². The fraction of sp³-hybridized carbons (Fsp3) is 0.471. The van der Waals surface area contributed by atoms with Crippen LogP contribution in [0.2, 0.25) is 0 Å². The number of aromatic amines is 1. The van der Waals surface area contributed by atoms with Crippen molar-refractivity contribution in [2.24, 2.45) is 0 Å². The summed E-state index contributed by atoms with van der Waals surface area (Å²) in [6.45, 7) is 9.20. The van der Waals surface area contributed by atoms with Crippen molar-refractivity contribution in [3.8, 4) is 0 Å². The van der Waals surface area contributed by atoms with Gasteiger partial charge in [0.15, 0.2) is 0 Å². The lowest BCUT2D eigenvalue weighted by Gasteiger charge is -2.10. The van der Waals surface area contributed by atoms with E-state index in [0.29, 0.717) is 12.1 Å². The van der Waals surface area contributed by atoms with Gasteiger partial charge >= 0.3 is 6.03 Å². The van der Waals surface area contributed by atoms with Crippen molar-refractivity contribution in [2.75, 3.05) is 6.54 Å². The summed E-state index contributed by atoms with van der Waals surface area (Å²) in [5.74, 6) is 0. The number of nitrogens with zero attached hydrogens (tertiary/aromatic N) is 2. The Bertz CT molecular complexity index is 776. The van der Waals surface area contributed by atoms with E-state index in [2.05, 4.69) is 20.7 Å². The Morgan fingerprint density at radius 1 is 1.21 bits per heavy atom. The number of carbonyl (C=O) groups is 1. The molecule has 2 aromatic heterocycles. The van der Waals surface area contributed by atoms with Crippen molar-refractivity contribution in [1.82, 2.24) is 25.4 Å². The largest absolute Gasteiger partial charge is 0.338 e. The number of rotatable bonds is 6. The van der Waals surface area contributed by atoms with Gasteiger partial charge in [-0.3, -0.25) is 9.48 Å². The van der Waals surface area contributed by atoms with Crippen molar-refractivity contribution in [3.63, 3.8) is 0 Å². The fourth-order valence-electron chi connectivity index (χ4n) is 2.66. The Morgan fingerprint density at radius 2 is 1.96 bits per heavy atom. The molecule has 2 heterocycles. The van der Waals surface area contributed by atoms with Gasteiger partial charge in [0.05, 0.1) is 12.2 Å². The van der Waals surface area contributed by atoms with E-state index in [9.17, 15) is 9.59 Å². The maximum absolute atomic E-state index is 11.9. The first kappa shape index (κ1) is 17.8. The molecule has 0 atom stereocenters. The number of pyridine rings is 1. The number of aromatic nitrogens is 3. The van der Waals surface area contributed by atoms with Crippen molar-refractivity contribution in [1.29, 1.82) is 0 Å². The Labute approximate surface area is 141 Å². The molecule has 0 saturated heterocycles. The predicted molar refractivity (Wildman–Crippen MR) is 93.1 cm³/mol. The van der Waals surface area contributed by atoms with Gasteiger partial charge in [-0.25, -0.2) is 4.79 Å². The molecule has 0 aliphatic carbocycles. The lowest BCUT2D eigenvalue weighted by molar-refractivity contribution is 0.240. The maximum Gasteiger partial charge on any atom is 0.315 e. The number of H-pyrrole nitrogens is 1. The molecule has 2 aromatic rings. The first-order chi connectivity index (χ1) is 11.4. The molecule has 2 amide bonds. The Hall–Kier alpha value is -2.57. The summed E-state index contributed by atoms with van der Waals surface area (Å²) in [5, 5.41) is 9.90. The van der Waals surface area contributed by atoms with E-state index in [1.54, 1.807) is 0 Å². The van der Waals surface area contributed by atoms with Crippen LogP contribution in [0.5, 0.6) is 0 Å². The molecule has 0 radical (unpaired) electrons. The zero-order valence-corrected chi connectivity index (χ0v) is 14.7. The molecule has 7 heteroatoms. The summed E-state index contributed by atoms with van der Waals surface area (Å²) in [6, 6.07) is 3.65. The predicted octanol–water partition coefficient (Wildman–Crippen LogP) is 1.69. The number of aryl methyl sites for hydroxylation is 5. The van der Waals surface area contributed by atoms with Crippen LogP contribution in [0.3, 0.4) is 0 Å². The van der Waals surface area contributed by atoms with E-state index in [1.807, 2.05) is 44.5 Å². The summed E-state index contributed by atoms with van der Waals surface area (Å²) in [6.07, 6.45) is 0.791. The molecule has 24 heavy (non-hydrogen) atoms. The SMILES string of the molecule is Cc1cc(C)n(CCCNC(=O)NCc2c(C)cc(C)[nH]c2=O)n1. The lowest BCUT2D eigenvalue weighted by atomic mass is 10.1. The minimum absolute atomic E-state index is 0.155. The number of amides is 2. The fourth-order valence-corrected chi connectivity index (χ4v) is 2.66. The van der Waals surface area contributed by atoms with Crippen molar-refractivity contribution < 1.29 is 4.79 Å². The topological polar surface area (TPSA) is 91.8 Å². The van der Waals surface area contributed by atoms with Crippen LogP contribution in [0.4, 0.5) is 4.79 Å². The molecule has 0 bridgehead atoms. The highest BCUT2D eigenvalue weighted by Crippen LogP contribution is 2.03. The lowest BCUT2D eigenvalue weighted by Crippen LogP contribution is -2.37. The van der Waals surface area contributed by atoms with Gasteiger partial charge in [-0.05, 0) is 51.8 Å². The second-order valence-corrected chi connectivity index (χ2v) is 6.06. The maximum atomic E-state index is 11.9. The van der Waals surface area contributed by atoms with Gasteiger partial charge in [-0.2, -0.15) is 5.10 Å². The molecule has 0 fully saturated rings. The third-order valence-electron chi connectivity index (χ3n) is 3.86. The molecular weight excluding hydrogens is 306 g/mol. The highest BCUT2D eigenvalue weighted by Gasteiger charge is 2.07. The minimum atomic E-state index is -0.275. The van der Waals surface area contributed by atoms with E-state index in [4.69, 9.17) is 0 Å². The van der Waals surface area contributed by atoms with E-state index in [1.165, 1.54) is 0 Å². The molecule has 0 unspecified atom stereocenters. The van der Waals surface area contributed by atoms with Gasteiger partial charge in [-0.15, -0.1) is 0 Å². The summed E-state index contributed by atoms with van der Waals surface area (Å²) >= 11 is 0. The molecular formula is C17H25N5O2. The van der Waals surface area contributed by atoms with Gasteiger partial charge < -0.3 is 15.6 Å². The number of hydrogen-bond acceptors (Lipinski definition) is 3. The van der Waals surface area contributed by atoms with Crippen molar-refractivity contribution in [3.05, 3.63) is 50.7 Å². The molecule has 3 N–H and O–H groups in total. The van der Waals surface area contributed by atoms with Gasteiger partial charge in [-0.1, -0.05) is 0 Å². The third-order valence-corrected chi connectivity index (χ3v) is 3.86. The molecule has 0 aromatic carbocycles. The number of urea groups is 1. The highest BCUT2D eigenvalue weighted by molar-refractivity contribution is 5.73. The van der Waals surface area contributed by atoms with E-state index < -0.39 is 0 Å². The molecule has 7 nitrogen and oxygen atoms in total. The molecule has 2 rings (SSSR count). The normalized spacial score (nSPS) is 10.7. The first-order valence-electron chi connectivity index (χ1n) is 8.09.